The molecule has 0 aromatic heterocycles. The summed E-state index contributed by atoms with van der Waals surface area (Å²) in [6, 6.07) is 0. The summed E-state index contributed by atoms with van der Waals surface area (Å²) in [6.07, 6.45) is 12.1. The lowest BCUT2D eigenvalue weighted by molar-refractivity contribution is 0.0860. The Labute approximate surface area is 156 Å². The highest BCUT2D eigenvalue weighted by Crippen LogP contribution is 2.32. The molecule has 0 spiro atoms. The number of carbonyl (C=O) groups excluding carboxylic acids is 1. The summed E-state index contributed by atoms with van der Waals surface area (Å²) in [4.78, 5) is 11.8. The molecule has 2 N–H and O–H groups in total. The monoisotopic (exact) mass is 377 g/mol. The largest absolute Gasteiger partial charge is 0.446 e. The lowest BCUT2D eigenvalue weighted by atomic mass is 10.0. The molecule has 0 saturated carbocycles. The molecule has 0 radical (unpaired) electrons. The Hall–Kier alpha value is -0.330. The maximum Gasteiger partial charge on any atom is 0.407 e. The predicted molar refractivity (Wildman–Crippen MR) is 108 cm³/mol. The zero-order valence-corrected chi connectivity index (χ0v) is 17.5. The highest BCUT2D eigenvalue weighted by molar-refractivity contribution is 8.76. The van der Waals surface area contributed by atoms with Crippen LogP contribution in [0.3, 0.4) is 0 Å². The van der Waals surface area contributed by atoms with Crippen molar-refractivity contribution in [3.8, 4) is 0 Å². The van der Waals surface area contributed by atoms with Crippen LogP contribution in [0.4, 0.5) is 4.79 Å². The minimum Gasteiger partial charge on any atom is -0.446 e. The van der Waals surface area contributed by atoms with E-state index in [1.165, 1.54) is 0 Å². The van der Waals surface area contributed by atoms with E-state index in [4.69, 9.17) is 9.84 Å². The average Bonchev–Trinajstić information content (AvgIpc) is 2.48. The molecule has 2 atom stereocenters. The van der Waals surface area contributed by atoms with E-state index in [1.807, 2.05) is 13.2 Å². The van der Waals surface area contributed by atoms with Gasteiger partial charge < -0.3 is 15.2 Å². The second-order valence-corrected chi connectivity index (χ2v) is 9.73. The number of aliphatic hydroxyl groups excluding tert-OH is 1. The Bertz CT molecular complexity index is 360. The molecule has 1 aliphatic carbocycles. The standard InChI is InChI=1S/C14H25NO2S2.C4H10O/c1-14(2,19-18-3)11-15-13(16)17-12-9-7-5-4-6-8-10-12;1-3-4(2)5/h4-5,12H,6-11H2,1-3H3,(H,15,16);4-5H,3H2,1-2H3/b5-4+;/t;4-/m.0/s1. The summed E-state index contributed by atoms with van der Waals surface area (Å²) in [5.74, 6) is 0. The number of ether oxygens (including phenoxy) is 1. The molecule has 1 aliphatic rings. The first kappa shape index (κ1) is 23.7. The highest BCUT2D eigenvalue weighted by atomic mass is 33.1. The zero-order chi connectivity index (χ0) is 18.4. The minimum absolute atomic E-state index is 0.0299. The number of hydrogen-bond acceptors (Lipinski definition) is 5. The van der Waals surface area contributed by atoms with E-state index < -0.39 is 0 Å². The number of amides is 1. The molecule has 0 bridgehead atoms. The number of hydrogen-bond donors (Lipinski definition) is 2. The molecular weight excluding hydrogens is 342 g/mol. The van der Waals surface area contributed by atoms with Gasteiger partial charge >= 0.3 is 6.09 Å². The minimum atomic E-state index is -0.274. The van der Waals surface area contributed by atoms with Gasteiger partial charge in [0.2, 0.25) is 0 Å². The van der Waals surface area contributed by atoms with Crippen LogP contribution >= 0.6 is 21.6 Å². The Morgan fingerprint density at radius 3 is 2.58 bits per heavy atom. The summed E-state index contributed by atoms with van der Waals surface area (Å²) < 4.78 is 5.53. The van der Waals surface area contributed by atoms with Crippen LogP contribution in [-0.2, 0) is 4.74 Å². The Balaban J connectivity index is 0.000000922. The van der Waals surface area contributed by atoms with Crippen molar-refractivity contribution in [3.63, 3.8) is 0 Å². The fraction of sp³-hybridized carbons (Fsp3) is 0.833. The van der Waals surface area contributed by atoms with Gasteiger partial charge in [0, 0.05) is 11.3 Å². The third kappa shape index (κ3) is 14.1. The van der Waals surface area contributed by atoms with Crippen LogP contribution in [0.5, 0.6) is 0 Å². The van der Waals surface area contributed by atoms with Crippen molar-refractivity contribution >= 4 is 27.7 Å². The molecule has 0 aliphatic heterocycles. The summed E-state index contributed by atoms with van der Waals surface area (Å²) in [5.41, 5.74) is 0. The van der Waals surface area contributed by atoms with Gasteiger partial charge in [0.15, 0.2) is 0 Å². The van der Waals surface area contributed by atoms with Crippen molar-refractivity contribution in [1.82, 2.24) is 5.32 Å². The van der Waals surface area contributed by atoms with Gasteiger partial charge in [0.05, 0.1) is 6.10 Å². The van der Waals surface area contributed by atoms with Gasteiger partial charge in [-0.2, -0.15) is 0 Å². The van der Waals surface area contributed by atoms with E-state index in [9.17, 15) is 4.79 Å². The fourth-order valence-corrected chi connectivity index (χ4v) is 4.09. The predicted octanol–water partition coefficient (Wildman–Crippen LogP) is 5.17. The first-order valence-corrected chi connectivity index (χ1v) is 11.4. The second kappa shape index (κ2) is 13.9. The van der Waals surface area contributed by atoms with Crippen LogP contribution in [0.15, 0.2) is 12.2 Å². The van der Waals surface area contributed by atoms with Crippen molar-refractivity contribution in [2.45, 2.75) is 83.2 Å². The van der Waals surface area contributed by atoms with Gasteiger partial charge in [0.1, 0.15) is 6.10 Å². The van der Waals surface area contributed by atoms with Crippen molar-refractivity contribution in [3.05, 3.63) is 12.2 Å². The van der Waals surface area contributed by atoms with Gasteiger partial charge in [-0.25, -0.2) is 4.79 Å². The van der Waals surface area contributed by atoms with Crippen molar-refractivity contribution in [1.29, 1.82) is 0 Å². The summed E-state index contributed by atoms with van der Waals surface area (Å²) in [7, 11) is 3.48. The molecule has 142 valence electrons. The maximum absolute atomic E-state index is 11.8. The Morgan fingerprint density at radius 2 is 2.00 bits per heavy atom. The van der Waals surface area contributed by atoms with Crippen molar-refractivity contribution < 1.29 is 14.6 Å². The number of alkyl carbamates (subject to hydrolysis) is 1. The lowest BCUT2D eigenvalue weighted by Crippen LogP contribution is -2.37. The topological polar surface area (TPSA) is 58.6 Å². The zero-order valence-electron chi connectivity index (χ0n) is 15.8. The van der Waals surface area contributed by atoms with Crippen LogP contribution in [0.25, 0.3) is 0 Å². The van der Waals surface area contributed by atoms with E-state index in [0.717, 1.165) is 38.5 Å². The third-order valence-electron chi connectivity index (χ3n) is 3.55. The molecule has 0 aromatic carbocycles. The molecule has 6 heteroatoms. The SMILES string of the molecule is CC[C@H](C)O.CSSC(C)(C)CNC(=O)OC1CC/C=C/CCC1. The van der Waals surface area contributed by atoms with Crippen LogP contribution in [0.1, 0.15) is 66.2 Å². The third-order valence-corrected chi connectivity index (χ3v) is 6.17. The van der Waals surface area contributed by atoms with E-state index >= 15 is 0 Å². The van der Waals surface area contributed by atoms with E-state index in [-0.39, 0.29) is 23.0 Å². The van der Waals surface area contributed by atoms with Crippen molar-refractivity contribution in [2.24, 2.45) is 0 Å². The molecular formula is C18H35NO3S2. The molecule has 1 unspecified atom stereocenters. The smallest absolute Gasteiger partial charge is 0.407 e. The van der Waals surface area contributed by atoms with Gasteiger partial charge in [-0.1, -0.05) is 40.7 Å². The van der Waals surface area contributed by atoms with Crippen LogP contribution in [-0.4, -0.2) is 41.0 Å². The van der Waals surface area contributed by atoms with E-state index in [0.29, 0.717) is 6.54 Å². The molecule has 24 heavy (non-hydrogen) atoms. The maximum atomic E-state index is 11.8. The van der Waals surface area contributed by atoms with Crippen molar-refractivity contribution in [2.75, 3.05) is 12.8 Å². The Kier molecular flexibility index (Phi) is 13.7. The lowest BCUT2D eigenvalue weighted by Gasteiger charge is -2.24. The number of nitrogens with one attached hydrogen (secondary N) is 1. The molecule has 0 fully saturated rings. The summed E-state index contributed by atoms with van der Waals surface area (Å²) >= 11 is 0. The Morgan fingerprint density at radius 1 is 1.38 bits per heavy atom. The van der Waals surface area contributed by atoms with E-state index in [1.54, 1.807) is 28.5 Å². The van der Waals surface area contributed by atoms with Gasteiger partial charge in [-0.3, -0.25) is 0 Å². The quantitative estimate of drug-likeness (QED) is 0.494. The van der Waals surface area contributed by atoms with Gasteiger partial charge in [0.25, 0.3) is 0 Å². The van der Waals surface area contributed by atoms with Crippen LogP contribution in [0, 0.1) is 0 Å². The molecule has 0 aromatic rings. The first-order valence-electron chi connectivity index (χ1n) is 8.80. The molecule has 1 amide bonds. The summed E-state index contributed by atoms with van der Waals surface area (Å²) in [6.45, 7) is 8.60. The van der Waals surface area contributed by atoms with Crippen LogP contribution < -0.4 is 5.32 Å². The normalized spacial score (nSPS) is 20.7. The molecule has 4 nitrogen and oxygen atoms in total. The number of carbonyl (C=O) groups is 1. The number of aliphatic hydroxyl groups is 1. The number of allylic oxidation sites excluding steroid dienone is 2. The molecule has 1 rings (SSSR count). The van der Waals surface area contributed by atoms with Gasteiger partial charge in [-0.15, -0.1) is 0 Å². The second-order valence-electron chi connectivity index (χ2n) is 6.63. The average molecular weight is 378 g/mol. The molecule has 0 heterocycles. The highest BCUT2D eigenvalue weighted by Gasteiger charge is 2.21. The fourth-order valence-electron chi connectivity index (χ4n) is 1.98. The van der Waals surface area contributed by atoms with Gasteiger partial charge in [-0.05, 0) is 65.6 Å². The summed E-state index contributed by atoms with van der Waals surface area (Å²) in [5, 5.41) is 11.2. The van der Waals surface area contributed by atoms with Crippen LogP contribution in [0.2, 0.25) is 0 Å². The van der Waals surface area contributed by atoms with E-state index in [2.05, 4.69) is 31.3 Å². The molecule has 0 saturated heterocycles. The first-order chi connectivity index (χ1) is 11.3. The number of rotatable bonds is 6.